The van der Waals surface area contributed by atoms with E-state index in [4.69, 9.17) is 10.5 Å². The fourth-order valence-corrected chi connectivity index (χ4v) is 6.91. The molecule has 31 heavy (non-hydrogen) atoms. The minimum atomic E-state index is -0.553. The van der Waals surface area contributed by atoms with Crippen LogP contribution < -0.4 is 5.73 Å². The van der Waals surface area contributed by atoms with Crippen molar-refractivity contribution >= 4 is 11.8 Å². The lowest BCUT2D eigenvalue weighted by atomic mass is 9.59. The molecule has 0 radical (unpaired) electrons. The lowest BCUT2D eigenvalue weighted by molar-refractivity contribution is -0.150. The van der Waals surface area contributed by atoms with Crippen LogP contribution >= 0.6 is 0 Å². The van der Waals surface area contributed by atoms with Crippen LogP contribution in [-0.4, -0.2) is 23.9 Å². The molecule has 4 heteroatoms. The SMILES string of the molecule is CC(=O)C1CCC2C(CCC3=CC(OC(=O)C(N)C(C)C)CCC3(C)C)CCCC12C. The van der Waals surface area contributed by atoms with Crippen LogP contribution in [0.4, 0.5) is 0 Å². The van der Waals surface area contributed by atoms with Gasteiger partial charge in [0.2, 0.25) is 0 Å². The van der Waals surface area contributed by atoms with Crippen LogP contribution in [0.15, 0.2) is 11.6 Å². The Kier molecular flexibility index (Phi) is 7.40. The van der Waals surface area contributed by atoms with Crippen molar-refractivity contribution in [2.24, 2.45) is 40.2 Å². The first-order valence-electron chi connectivity index (χ1n) is 12.6. The number of carbonyl (C=O) groups excluding carboxylic acids is 2. The van der Waals surface area contributed by atoms with E-state index in [9.17, 15) is 9.59 Å². The van der Waals surface area contributed by atoms with E-state index in [-0.39, 0.29) is 34.7 Å². The molecule has 4 nitrogen and oxygen atoms in total. The van der Waals surface area contributed by atoms with Gasteiger partial charge in [-0.15, -0.1) is 0 Å². The molecule has 0 spiro atoms. The molecule has 0 bridgehead atoms. The standard InChI is InChI=1S/C27H45NO3/c1-17(2)24(28)25(30)31-21-13-15-26(4,5)20(16-21)10-9-19-8-7-14-27(6)22(18(3)29)11-12-23(19)27/h16-17,19,21-24H,7-15,28H2,1-6H3. The molecule has 3 aliphatic carbocycles. The molecule has 3 rings (SSSR count). The summed E-state index contributed by atoms with van der Waals surface area (Å²) >= 11 is 0. The molecule has 2 fully saturated rings. The lowest BCUT2D eigenvalue weighted by Crippen LogP contribution is -2.40. The molecular weight excluding hydrogens is 386 g/mol. The van der Waals surface area contributed by atoms with E-state index in [1.54, 1.807) is 6.92 Å². The first kappa shape index (κ1) is 24.5. The second kappa shape index (κ2) is 9.37. The summed E-state index contributed by atoms with van der Waals surface area (Å²) in [7, 11) is 0. The van der Waals surface area contributed by atoms with Crippen LogP contribution in [0.3, 0.4) is 0 Å². The van der Waals surface area contributed by atoms with Gasteiger partial charge in [-0.25, -0.2) is 0 Å². The summed E-state index contributed by atoms with van der Waals surface area (Å²) in [6, 6.07) is -0.553. The third kappa shape index (κ3) is 5.10. The number of allylic oxidation sites excluding steroid dienone is 1. The Hall–Kier alpha value is -1.16. The topological polar surface area (TPSA) is 69.4 Å². The van der Waals surface area contributed by atoms with Gasteiger partial charge in [0.05, 0.1) is 0 Å². The molecule has 6 atom stereocenters. The van der Waals surface area contributed by atoms with Crippen LogP contribution in [0.1, 0.15) is 99.3 Å². The van der Waals surface area contributed by atoms with E-state index in [0.717, 1.165) is 25.7 Å². The summed E-state index contributed by atoms with van der Waals surface area (Å²) in [5.41, 5.74) is 7.79. The second-order valence-corrected chi connectivity index (χ2v) is 11.9. The van der Waals surface area contributed by atoms with Gasteiger partial charge >= 0.3 is 5.97 Å². The van der Waals surface area contributed by atoms with E-state index < -0.39 is 6.04 Å². The van der Waals surface area contributed by atoms with Gasteiger partial charge in [-0.2, -0.15) is 0 Å². The zero-order chi connectivity index (χ0) is 23.0. The number of hydrogen-bond acceptors (Lipinski definition) is 4. The minimum absolute atomic E-state index is 0.0850. The lowest BCUT2D eigenvalue weighted by Gasteiger charge is -2.45. The number of Topliss-reactive ketones (excluding diaryl/α,β-unsaturated/α-hetero) is 1. The molecule has 0 saturated heterocycles. The number of esters is 1. The quantitative estimate of drug-likeness (QED) is 0.407. The normalized spacial score (nSPS) is 35.9. The molecule has 6 unspecified atom stereocenters. The highest BCUT2D eigenvalue weighted by atomic mass is 16.5. The number of hydrogen-bond donors (Lipinski definition) is 1. The van der Waals surface area contributed by atoms with Gasteiger partial charge in [0.25, 0.3) is 0 Å². The number of ketones is 1. The number of fused-ring (bicyclic) bond motifs is 1. The van der Waals surface area contributed by atoms with E-state index >= 15 is 0 Å². The predicted octanol–water partition coefficient (Wildman–Crippen LogP) is 5.83. The van der Waals surface area contributed by atoms with E-state index in [1.165, 1.54) is 37.7 Å². The Balaban J connectivity index is 1.67. The van der Waals surface area contributed by atoms with Crippen molar-refractivity contribution in [2.75, 3.05) is 0 Å². The maximum Gasteiger partial charge on any atom is 0.323 e. The van der Waals surface area contributed by atoms with Gasteiger partial charge in [-0.1, -0.05) is 53.0 Å². The number of carbonyl (C=O) groups is 2. The average Bonchev–Trinajstić information content (AvgIpc) is 3.05. The maximum absolute atomic E-state index is 12.4. The number of rotatable bonds is 7. The van der Waals surface area contributed by atoms with Gasteiger partial charge in [-0.05, 0) is 86.5 Å². The van der Waals surface area contributed by atoms with E-state index in [1.807, 2.05) is 13.8 Å². The minimum Gasteiger partial charge on any atom is -0.457 e. The molecular formula is C27H45NO3. The Morgan fingerprint density at radius 2 is 1.84 bits per heavy atom. The summed E-state index contributed by atoms with van der Waals surface area (Å²) < 4.78 is 5.78. The van der Waals surface area contributed by atoms with Crippen LogP contribution in [0.5, 0.6) is 0 Å². The summed E-state index contributed by atoms with van der Waals surface area (Å²) in [6.07, 6.45) is 12.3. The summed E-state index contributed by atoms with van der Waals surface area (Å²) in [5, 5.41) is 0. The molecule has 0 aromatic carbocycles. The Morgan fingerprint density at radius 3 is 2.48 bits per heavy atom. The van der Waals surface area contributed by atoms with Crippen LogP contribution in [0.25, 0.3) is 0 Å². The van der Waals surface area contributed by atoms with Crippen LogP contribution in [0.2, 0.25) is 0 Å². The van der Waals surface area contributed by atoms with Crippen molar-refractivity contribution in [1.82, 2.24) is 0 Å². The Morgan fingerprint density at radius 1 is 1.13 bits per heavy atom. The Labute approximate surface area is 189 Å². The molecule has 2 N–H and O–H groups in total. The van der Waals surface area contributed by atoms with Gasteiger partial charge in [-0.3, -0.25) is 9.59 Å². The molecule has 0 aliphatic heterocycles. The van der Waals surface area contributed by atoms with Crippen molar-refractivity contribution in [3.05, 3.63) is 11.6 Å². The molecule has 0 aromatic heterocycles. The molecule has 0 heterocycles. The van der Waals surface area contributed by atoms with Crippen molar-refractivity contribution < 1.29 is 14.3 Å². The fourth-order valence-electron chi connectivity index (χ4n) is 6.91. The van der Waals surface area contributed by atoms with Crippen molar-refractivity contribution in [3.63, 3.8) is 0 Å². The van der Waals surface area contributed by atoms with E-state index in [2.05, 4.69) is 26.8 Å². The molecule has 176 valence electrons. The van der Waals surface area contributed by atoms with Gasteiger partial charge < -0.3 is 10.5 Å². The predicted molar refractivity (Wildman–Crippen MR) is 125 cm³/mol. The highest BCUT2D eigenvalue weighted by Crippen LogP contribution is 2.59. The van der Waals surface area contributed by atoms with Crippen LogP contribution in [-0.2, 0) is 14.3 Å². The van der Waals surface area contributed by atoms with Crippen LogP contribution in [0, 0.1) is 34.5 Å². The van der Waals surface area contributed by atoms with Gasteiger partial charge in [0.15, 0.2) is 0 Å². The van der Waals surface area contributed by atoms with Crippen molar-refractivity contribution in [1.29, 1.82) is 0 Å². The summed E-state index contributed by atoms with van der Waals surface area (Å²) in [5.74, 6) is 1.85. The number of ether oxygens (including phenoxy) is 1. The third-order valence-corrected chi connectivity index (χ3v) is 9.11. The third-order valence-electron chi connectivity index (χ3n) is 9.11. The monoisotopic (exact) mass is 431 g/mol. The van der Waals surface area contributed by atoms with Gasteiger partial charge in [0, 0.05) is 5.92 Å². The first-order chi connectivity index (χ1) is 14.5. The highest BCUT2D eigenvalue weighted by molar-refractivity contribution is 5.79. The largest absolute Gasteiger partial charge is 0.457 e. The highest BCUT2D eigenvalue weighted by Gasteiger charge is 2.52. The molecule has 0 amide bonds. The first-order valence-corrected chi connectivity index (χ1v) is 12.6. The number of nitrogens with two attached hydrogens (primary N) is 1. The zero-order valence-corrected chi connectivity index (χ0v) is 20.7. The fraction of sp³-hybridized carbons (Fsp3) is 0.852. The maximum atomic E-state index is 12.4. The summed E-state index contributed by atoms with van der Waals surface area (Å²) in [4.78, 5) is 24.6. The molecule has 3 aliphatic rings. The second-order valence-electron chi connectivity index (χ2n) is 11.9. The van der Waals surface area contributed by atoms with Crippen molar-refractivity contribution in [3.8, 4) is 0 Å². The van der Waals surface area contributed by atoms with Crippen molar-refractivity contribution in [2.45, 2.75) is 111 Å². The van der Waals surface area contributed by atoms with E-state index in [0.29, 0.717) is 17.6 Å². The van der Waals surface area contributed by atoms with Gasteiger partial charge in [0.1, 0.15) is 17.9 Å². The molecule has 2 saturated carbocycles. The average molecular weight is 432 g/mol. The molecule has 0 aromatic rings. The smallest absolute Gasteiger partial charge is 0.323 e. The summed E-state index contributed by atoms with van der Waals surface area (Å²) in [6.45, 7) is 12.7. The zero-order valence-electron chi connectivity index (χ0n) is 20.7. The Bertz CT molecular complexity index is 709.